The molecule has 6 heteroatoms. The van der Waals surface area contributed by atoms with Gasteiger partial charge in [0.15, 0.2) is 6.10 Å². The maximum Gasteiger partial charge on any atom is 0.306 e. The number of carbonyl (C=O) groups excluding carboxylic acids is 3. The molecule has 0 aliphatic carbocycles. The molecule has 0 fully saturated rings. The van der Waals surface area contributed by atoms with E-state index in [1.54, 1.807) is 0 Å². The van der Waals surface area contributed by atoms with Crippen molar-refractivity contribution in [1.82, 2.24) is 0 Å². The van der Waals surface area contributed by atoms with Gasteiger partial charge in [0.1, 0.15) is 13.2 Å². The molecule has 0 saturated heterocycles. The molecule has 0 saturated carbocycles. The third-order valence-electron chi connectivity index (χ3n) is 9.04. The highest BCUT2D eigenvalue weighted by molar-refractivity contribution is 5.71. The molecule has 1 atom stereocenters. The molecule has 278 valence electrons. The van der Waals surface area contributed by atoms with Crippen molar-refractivity contribution in [2.45, 2.75) is 226 Å². The van der Waals surface area contributed by atoms with Gasteiger partial charge < -0.3 is 14.2 Å². The van der Waals surface area contributed by atoms with E-state index in [-0.39, 0.29) is 31.1 Å². The highest BCUT2D eigenvalue weighted by Crippen LogP contribution is 2.15. The molecule has 0 unspecified atom stereocenters. The summed E-state index contributed by atoms with van der Waals surface area (Å²) in [5, 5.41) is 0. The first-order chi connectivity index (χ1) is 22.9. The maximum atomic E-state index is 12.6. The van der Waals surface area contributed by atoms with Crippen LogP contribution in [-0.4, -0.2) is 37.2 Å². The van der Waals surface area contributed by atoms with Crippen LogP contribution in [0, 0.1) is 5.92 Å². The van der Waals surface area contributed by atoms with E-state index >= 15 is 0 Å². The molecule has 0 heterocycles. The molecule has 0 aromatic carbocycles. The molecule has 0 amide bonds. The summed E-state index contributed by atoms with van der Waals surface area (Å²) in [7, 11) is 0. The van der Waals surface area contributed by atoms with E-state index < -0.39 is 6.10 Å². The van der Waals surface area contributed by atoms with Crippen molar-refractivity contribution in [1.29, 1.82) is 0 Å². The number of carbonyl (C=O) groups is 3. The SMILES string of the molecule is CCCCCCCCCCCCC(=O)OC[C@@H](COC(=O)CCCCCCCCC)OC(=O)CCCCCCCCCCCC(C)C. The van der Waals surface area contributed by atoms with E-state index in [2.05, 4.69) is 27.7 Å². The van der Waals surface area contributed by atoms with Crippen LogP contribution in [0.15, 0.2) is 0 Å². The van der Waals surface area contributed by atoms with Gasteiger partial charge in [0.2, 0.25) is 0 Å². The van der Waals surface area contributed by atoms with E-state index in [1.165, 1.54) is 116 Å². The first-order valence-electron chi connectivity index (χ1n) is 20.4. The van der Waals surface area contributed by atoms with Gasteiger partial charge in [-0.2, -0.15) is 0 Å². The lowest BCUT2D eigenvalue weighted by Gasteiger charge is -2.18. The molecule has 0 aliphatic heterocycles. The highest BCUT2D eigenvalue weighted by Gasteiger charge is 2.19. The van der Waals surface area contributed by atoms with Crippen LogP contribution in [0.25, 0.3) is 0 Å². The molecule has 0 spiro atoms. The topological polar surface area (TPSA) is 78.9 Å². The molecule has 0 rings (SSSR count). The number of hydrogen-bond acceptors (Lipinski definition) is 6. The Bertz CT molecular complexity index is 706. The minimum atomic E-state index is -0.757. The van der Waals surface area contributed by atoms with Gasteiger partial charge in [0.05, 0.1) is 0 Å². The maximum absolute atomic E-state index is 12.6. The molecule has 0 aliphatic rings. The fourth-order valence-corrected chi connectivity index (χ4v) is 5.92. The Balaban J connectivity index is 4.32. The van der Waals surface area contributed by atoms with Crippen molar-refractivity contribution in [2.24, 2.45) is 5.92 Å². The lowest BCUT2D eigenvalue weighted by molar-refractivity contribution is -0.167. The van der Waals surface area contributed by atoms with Crippen LogP contribution in [0.2, 0.25) is 0 Å². The minimum absolute atomic E-state index is 0.0653. The predicted octanol–water partition coefficient (Wildman–Crippen LogP) is 12.4. The lowest BCUT2D eigenvalue weighted by Crippen LogP contribution is -2.30. The van der Waals surface area contributed by atoms with Crippen molar-refractivity contribution < 1.29 is 28.6 Å². The average molecular weight is 667 g/mol. The van der Waals surface area contributed by atoms with Crippen LogP contribution < -0.4 is 0 Å². The summed E-state index contributed by atoms with van der Waals surface area (Å²) >= 11 is 0. The first-order valence-corrected chi connectivity index (χ1v) is 20.4. The molecule has 0 N–H and O–H groups in total. The van der Waals surface area contributed by atoms with Gasteiger partial charge in [0, 0.05) is 19.3 Å². The number of hydrogen-bond donors (Lipinski definition) is 0. The molecule has 0 aromatic heterocycles. The monoisotopic (exact) mass is 667 g/mol. The highest BCUT2D eigenvalue weighted by atomic mass is 16.6. The smallest absolute Gasteiger partial charge is 0.306 e. The van der Waals surface area contributed by atoms with Crippen LogP contribution >= 0.6 is 0 Å². The van der Waals surface area contributed by atoms with Gasteiger partial charge in [-0.1, -0.05) is 182 Å². The molecule has 6 nitrogen and oxygen atoms in total. The van der Waals surface area contributed by atoms with Crippen molar-refractivity contribution >= 4 is 17.9 Å². The number of rotatable bonds is 36. The summed E-state index contributed by atoms with van der Waals surface area (Å²) in [6.45, 7) is 8.90. The summed E-state index contributed by atoms with van der Waals surface area (Å²) in [5.74, 6) is -0.0638. The van der Waals surface area contributed by atoms with Crippen molar-refractivity contribution in [3.63, 3.8) is 0 Å². The number of unbranched alkanes of at least 4 members (excludes halogenated alkanes) is 23. The van der Waals surface area contributed by atoms with Crippen LogP contribution in [0.5, 0.6) is 0 Å². The molecule has 0 radical (unpaired) electrons. The van der Waals surface area contributed by atoms with E-state index in [0.29, 0.717) is 19.3 Å². The zero-order chi connectivity index (χ0) is 34.6. The Kier molecular flexibility index (Phi) is 34.5. The molecule has 47 heavy (non-hydrogen) atoms. The predicted molar refractivity (Wildman–Crippen MR) is 196 cm³/mol. The van der Waals surface area contributed by atoms with Crippen LogP contribution in [0.3, 0.4) is 0 Å². The van der Waals surface area contributed by atoms with Gasteiger partial charge in [0.25, 0.3) is 0 Å². The van der Waals surface area contributed by atoms with Crippen LogP contribution in [0.1, 0.15) is 220 Å². The summed E-state index contributed by atoms with van der Waals surface area (Å²) in [4.78, 5) is 37.4. The summed E-state index contributed by atoms with van der Waals surface area (Å²) in [6, 6.07) is 0. The lowest BCUT2D eigenvalue weighted by atomic mass is 10.0. The number of esters is 3. The zero-order valence-electron chi connectivity index (χ0n) is 31.7. The minimum Gasteiger partial charge on any atom is -0.462 e. The Labute approximate surface area is 291 Å². The fourth-order valence-electron chi connectivity index (χ4n) is 5.92. The summed E-state index contributed by atoms with van der Waals surface area (Å²) in [6.07, 6.45) is 32.4. The van der Waals surface area contributed by atoms with Gasteiger partial charge in [-0.15, -0.1) is 0 Å². The van der Waals surface area contributed by atoms with Crippen molar-refractivity contribution in [3.05, 3.63) is 0 Å². The third kappa shape index (κ3) is 35.5. The molecular formula is C41H78O6. The van der Waals surface area contributed by atoms with Gasteiger partial charge in [-0.3, -0.25) is 14.4 Å². The van der Waals surface area contributed by atoms with Gasteiger partial charge in [-0.25, -0.2) is 0 Å². The van der Waals surface area contributed by atoms with E-state index in [1.807, 2.05) is 0 Å². The van der Waals surface area contributed by atoms with Crippen molar-refractivity contribution in [2.75, 3.05) is 13.2 Å². The van der Waals surface area contributed by atoms with E-state index in [9.17, 15) is 14.4 Å². The molecule has 0 bridgehead atoms. The third-order valence-corrected chi connectivity index (χ3v) is 9.04. The average Bonchev–Trinajstić information content (AvgIpc) is 3.05. The largest absolute Gasteiger partial charge is 0.462 e. The number of ether oxygens (including phenoxy) is 3. The quantitative estimate of drug-likeness (QED) is 0.0376. The second-order valence-electron chi connectivity index (χ2n) is 14.4. The van der Waals surface area contributed by atoms with E-state index in [0.717, 1.165) is 63.7 Å². The van der Waals surface area contributed by atoms with Crippen molar-refractivity contribution in [3.8, 4) is 0 Å². The zero-order valence-corrected chi connectivity index (χ0v) is 31.7. The second-order valence-corrected chi connectivity index (χ2v) is 14.4. The Hall–Kier alpha value is -1.59. The Morgan fingerprint density at radius 3 is 1.04 bits per heavy atom. The second kappa shape index (κ2) is 35.7. The van der Waals surface area contributed by atoms with Crippen LogP contribution in [-0.2, 0) is 28.6 Å². The summed E-state index contributed by atoms with van der Waals surface area (Å²) in [5.41, 5.74) is 0. The molecule has 0 aromatic rings. The fraction of sp³-hybridized carbons (Fsp3) is 0.927. The van der Waals surface area contributed by atoms with E-state index in [4.69, 9.17) is 14.2 Å². The standard InChI is InChI=1S/C41H78O6/c1-5-7-9-11-13-14-17-21-25-29-33-40(43)46-36-38(35-45-39(42)32-28-24-19-12-10-8-6-2)47-41(44)34-30-26-22-18-15-16-20-23-27-31-37(3)4/h37-38H,5-36H2,1-4H3/t38-/m1/s1. The van der Waals surface area contributed by atoms with Crippen LogP contribution in [0.4, 0.5) is 0 Å². The van der Waals surface area contributed by atoms with Gasteiger partial charge in [-0.05, 0) is 25.2 Å². The Morgan fingerprint density at radius 2 is 0.702 bits per heavy atom. The summed E-state index contributed by atoms with van der Waals surface area (Å²) < 4.78 is 16.6. The normalized spacial score (nSPS) is 11.9. The Morgan fingerprint density at radius 1 is 0.404 bits per heavy atom. The first kappa shape index (κ1) is 45.4. The van der Waals surface area contributed by atoms with Gasteiger partial charge >= 0.3 is 17.9 Å². The molecular weight excluding hydrogens is 588 g/mol.